The van der Waals surface area contributed by atoms with Gasteiger partial charge in [-0.1, -0.05) is 0 Å². The SMILES string of the molecule is CCCC[C@@H](CC)COC(=O)C[S][Sn]([CH3])([S]CC(=O)OC[C@H](CC)CCCC)[S]CC(=O)OC[C@H](CC)CCCC. The van der Waals surface area contributed by atoms with Crippen LogP contribution in [-0.4, -0.2) is 69.2 Å². The maximum absolute atomic E-state index is 12.6. The minimum absolute atomic E-state index is 0.206. The van der Waals surface area contributed by atoms with Crippen LogP contribution in [0.4, 0.5) is 0 Å². The molecule has 0 bridgehead atoms. The molecule has 242 valence electrons. The topological polar surface area (TPSA) is 78.9 Å². The first-order valence-corrected chi connectivity index (χ1v) is 32.3. The molecule has 0 saturated heterocycles. The van der Waals surface area contributed by atoms with Gasteiger partial charge in [0.1, 0.15) is 0 Å². The first-order chi connectivity index (χ1) is 19.7. The molecule has 3 atom stereocenters. The summed E-state index contributed by atoms with van der Waals surface area (Å²) in [6.07, 6.45) is 13.1. The molecule has 0 unspecified atom stereocenters. The average molecular weight is 744 g/mol. The van der Waals surface area contributed by atoms with Gasteiger partial charge in [0.25, 0.3) is 0 Å². The second-order valence-electron chi connectivity index (χ2n) is 11.0. The number of unbranched alkanes of at least 4 members (excludes halogenated alkanes) is 3. The van der Waals surface area contributed by atoms with Crippen molar-refractivity contribution in [3.8, 4) is 0 Å². The molecule has 0 aromatic heterocycles. The zero-order valence-corrected chi connectivity index (χ0v) is 32.4. The third-order valence-corrected chi connectivity index (χ3v) is 41.5. The van der Waals surface area contributed by atoms with Crippen molar-refractivity contribution in [1.29, 1.82) is 0 Å². The van der Waals surface area contributed by atoms with Crippen LogP contribution in [0.1, 0.15) is 119 Å². The van der Waals surface area contributed by atoms with Crippen LogP contribution >= 0.6 is 26.8 Å². The number of carbonyl (C=O) groups excluding carboxylic acids is 3. The van der Waals surface area contributed by atoms with E-state index in [1.807, 2.05) is 0 Å². The zero-order chi connectivity index (χ0) is 30.9. The molecule has 10 heteroatoms. The minimum atomic E-state index is -3.24. The second-order valence-corrected chi connectivity index (χ2v) is 46.7. The molecule has 0 aromatic carbocycles. The maximum atomic E-state index is 12.6. The Bertz CT molecular complexity index is 608. The monoisotopic (exact) mass is 744 g/mol. The van der Waals surface area contributed by atoms with Crippen molar-refractivity contribution in [3.63, 3.8) is 0 Å². The van der Waals surface area contributed by atoms with Crippen LogP contribution in [0.3, 0.4) is 0 Å². The molecule has 0 saturated carbocycles. The molecule has 0 aliphatic carbocycles. The summed E-state index contributed by atoms with van der Waals surface area (Å²) in [6.45, 7) is 14.3. The van der Waals surface area contributed by atoms with E-state index in [0.29, 0.717) is 37.6 Å². The van der Waals surface area contributed by atoms with Gasteiger partial charge in [-0.2, -0.15) is 0 Å². The summed E-state index contributed by atoms with van der Waals surface area (Å²) >= 11 is -3.24. The van der Waals surface area contributed by atoms with Gasteiger partial charge in [-0.3, -0.25) is 0 Å². The van der Waals surface area contributed by atoms with E-state index in [1.54, 1.807) is 26.8 Å². The molecule has 0 amide bonds. The van der Waals surface area contributed by atoms with Crippen molar-refractivity contribution in [1.82, 2.24) is 0 Å². The first kappa shape index (κ1) is 41.3. The van der Waals surface area contributed by atoms with Crippen LogP contribution in [0.15, 0.2) is 0 Å². The van der Waals surface area contributed by atoms with E-state index < -0.39 is 14.2 Å². The number of hydrogen-bond acceptors (Lipinski definition) is 9. The Hall–Kier alpha value is 0.259. The van der Waals surface area contributed by atoms with Crippen molar-refractivity contribution >= 4 is 59.0 Å². The van der Waals surface area contributed by atoms with Gasteiger partial charge in [-0.05, 0) is 0 Å². The summed E-state index contributed by atoms with van der Waals surface area (Å²) in [5.74, 6) is 1.36. The number of hydrogen-bond donors (Lipinski definition) is 0. The molecule has 41 heavy (non-hydrogen) atoms. The Labute approximate surface area is 264 Å². The number of rotatable bonds is 27. The number of carbonyl (C=O) groups is 3. The third kappa shape index (κ3) is 22.4. The molecule has 0 aliphatic heterocycles. The molecule has 0 rings (SSSR count). The van der Waals surface area contributed by atoms with Gasteiger partial charge in [0.2, 0.25) is 0 Å². The standard InChI is InChI=1S/3C10H20O2S.CH3.Sn/c3*1-3-5-6-9(4-2)7-12-10(11)8-13;;/h3*9,13H,3-8H2,1-2H3;1H3;/q;;;;+3/p-3/t3*9-;;/m111../s1. The summed E-state index contributed by atoms with van der Waals surface area (Å²) in [5.41, 5.74) is 0. The van der Waals surface area contributed by atoms with E-state index in [1.165, 1.54) is 0 Å². The molecule has 0 spiro atoms. The van der Waals surface area contributed by atoms with Crippen LogP contribution in [0.2, 0.25) is 4.94 Å². The van der Waals surface area contributed by atoms with Gasteiger partial charge in [-0.15, -0.1) is 0 Å². The Morgan fingerprint density at radius 1 is 0.537 bits per heavy atom. The van der Waals surface area contributed by atoms with Crippen LogP contribution in [0, 0.1) is 17.8 Å². The number of esters is 3. The summed E-state index contributed by atoms with van der Waals surface area (Å²) in [6, 6.07) is 0. The van der Waals surface area contributed by atoms with Crippen molar-refractivity contribution in [3.05, 3.63) is 0 Å². The van der Waals surface area contributed by atoms with E-state index in [9.17, 15) is 14.4 Å². The normalized spacial score (nSPS) is 13.8. The fraction of sp³-hybridized carbons (Fsp3) is 0.903. The third-order valence-electron chi connectivity index (χ3n) is 7.43. The molecule has 6 nitrogen and oxygen atoms in total. The summed E-state index contributed by atoms with van der Waals surface area (Å²) in [7, 11) is 4.86. The fourth-order valence-corrected chi connectivity index (χ4v) is 29.8. The molecule has 0 fully saturated rings. The Morgan fingerprint density at radius 2 is 0.805 bits per heavy atom. The molecule has 0 heterocycles. The van der Waals surface area contributed by atoms with Crippen LogP contribution in [0.5, 0.6) is 0 Å². The van der Waals surface area contributed by atoms with Crippen molar-refractivity contribution < 1.29 is 28.6 Å². The fourth-order valence-electron chi connectivity index (χ4n) is 4.15. The van der Waals surface area contributed by atoms with Gasteiger partial charge in [0.05, 0.1) is 0 Å². The van der Waals surface area contributed by atoms with Gasteiger partial charge >= 0.3 is 266 Å². The predicted molar refractivity (Wildman–Crippen MR) is 182 cm³/mol. The van der Waals surface area contributed by atoms with Gasteiger partial charge in [0, 0.05) is 0 Å². The second kappa shape index (κ2) is 26.6. The number of ether oxygens (including phenoxy) is 3. The van der Waals surface area contributed by atoms with Crippen molar-refractivity contribution in [2.45, 2.75) is 124 Å². The Balaban J connectivity index is 5.02. The molecule has 0 radical (unpaired) electrons. The van der Waals surface area contributed by atoms with Gasteiger partial charge < -0.3 is 0 Å². The summed E-state index contributed by atoms with van der Waals surface area (Å²) < 4.78 is 16.9. The van der Waals surface area contributed by atoms with Crippen LogP contribution in [0.25, 0.3) is 0 Å². The predicted octanol–water partition coefficient (Wildman–Crippen LogP) is 9.03. The van der Waals surface area contributed by atoms with Crippen molar-refractivity contribution in [2.24, 2.45) is 17.8 Å². The summed E-state index contributed by atoms with van der Waals surface area (Å²) in [5, 5.41) is 0. The van der Waals surface area contributed by atoms with E-state index in [-0.39, 0.29) is 35.2 Å². The van der Waals surface area contributed by atoms with E-state index in [2.05, 4.69) is 46.5 Å². The average Bonchev–Trinajstić information content (AvgIpc) is 2.98. The molecular weight excluding hydrogens is 683 g/mol. The molecule has 0 aliphatic rings. The van der Waals surface area contributed by atoms with E-state index >= 15 is 0 Å². The van der Waals surface area contributed by atoms with E-state index in [0.717, 1.165) is 77.0 Å². The van der Waals surface area contributed by atoms with Crippen LogP contribution in [-0.2, 0) is 28.6 Å². The Morgan fingerprint density at radius 3 is 1.02 bits per heavy atom. The van der Waals surface area contributed by atoms with Gasteiger partial charge in [0.15, 0.2) is 0 Å². The summed E-state index contributed by atoms with van der Waals surface area (Å²) in [4.78, 5) is 40.1. The quantitative estimate of drug-likeness (QED) is 0.0466. The molecule has 0 N–H and O–H groups in total. The van der Waals surface area contributed by atoms with Gasteiger partial charge in [-0.25, -0.2) is 0 Å². The molecular formula is C31H60O6S3Sn. The zero-order valence-electron chi connectivity index (χ0n) is 27.1. The van der Waals surface area contributed by atoms with E-state index in [4.69, 9.17) is 14.2 Å². The van der Waals surface area contributed by atoms with Crippen molar-refractivity contribution in [2.75, 3.05) is 37.1 Å². The molecule has 0 aromatic rings. The first-order valence-electron chi connectivity index (χ1n) is 16.0. The van der Waals surface area contributed by atoms with Crippen LogP contribution < -0.4 is 0 Å². The Kier molecular flexibility index (Phi) is 26.8.